The lowest BCUT2D eigenvalue weighted by atomic mass is 10.1. The number of benzene rings is 1. The van der Waals surface area contributed by atoms with E-state index in [1.165, 1.54) is 31.0 Å². The molecule has 1 N–H and O–H groups in total. The van der Waals surface area contributed by atoms with Gasteiger partial charge in [-0.25, -0.2) is 0 Å². The molecule has 0 spiro atoms. The van der Waals surface area contributed by atoms with Crippen molar-refractivity contribution in [2.75, 3.05) is 29.9 Å². The highest BCUT2D eigenvalue weighted by atomic mass is 32.2. The zero-order valence-corrected chi connectivity index (χ0v) is 17.8. The second-order valence-electron chi connectivity index (χ2n) is 8.10. The van der Waals surface area contributed by atoms with Crippen LogP contribution in [0, 0.1) is 0 Å². The lowest BCUT2D eigenvalue weighted by molar-refractivity contribution is -0.118. The van der Waals surface area contributed by atoms with Gasteiger partial charge in [0.15, 0.2) is 17.5 Å². The number of hydrogen-bond acceptors (Lipinski definition) is 7. The minimum atomic E-state index is -0.320. The Labute approximate surface area is 179 Å². The topological polar surface area (TPSA) is 89.4 Å². The third-order valence-corrected chi connectivity index (χ3v) is 6.80. The van der Waals surface area contributed by atoms with Crippen LogP contribution in [0.15, 0.2) is 23.4 Å². The number of nitrogens with one attached hydrogen (secondary N) is 1. The molecule has 2 aliphatic heterocycles. The number of ether oxygens (including phenoxy) is 1. The van der Waals surface area contributed by atoms with Crippen molar-refractivity contribution in [3.63, 3.8) is 0 Å². The summed E-state index contributed by atoms with van der Waals surface area (Å²) in [6.45, 7) is 3.94. The SMILES string of the molecule is C[C@@H](Sc1nnc(N2CCCCC2)n1C1CC1)C(=O)c1ccc2c(c1)NC(=O)CO2. The minimum Gasteiger partial charge on any atom is -0.482 e. The van der Waals surface area contributed by atoms with Gasteiger partial charge in [-0.1, -0.05) is 11.8 Å². The van der Waals surface area contributed by atoms with Gasteiger partial charge in [-0.3, -0.25) is 14.2 Å². The standard InChI is InChI=1S/C21H25N5O3S/c1-13(19(28)14-5-8-17-16(11-14)22-18(27)12-29-17)30-21-24-23-20(26(21)15-6-7-15)25-9-3-2-4-10-25/h5,8,11,13,15H,2-4,6-7,9-10,12H2,1H3,(H,22,27)/t13-/m1/s1. The van der Waals surface area contributed by atoms with Crippen molar-refractivity contribution in [1.82, 2.24) is 14.8 Å². The quantitative estimate of drug-likeness (QED) is 0.559. The number of hydrogen-bond donors (Lipinski definition) is 1. The average molecular weight is 428 g/mol. The van der Waals surface area contributed by atoms with Crippen molar-refractivity contribution in [1.29, 1.82) is 0 Å². The summed E-state index contributed by atoms with van der Waals surface area (Å²) in [6, 6.07) is 5.62. The Morgan fingerprint density at radius 1 is 1.23 bits per heavy atom. The molecule has 3 heterocycles. The number of carbonyl (C=O) groups excluding carboxylic acids is 2. The Morgan fingerprint density at radius 2 is 2.03 bits per heavy atom. The molecule has 2 fully saturated rings. The number of thioether (sulfide) groups is 1. The molecule has 9 heteroatoms. The lowest BCUT2D eigenvalue weighted by Crippen LogP contribution is -2.32. The number of Topliss-reactive ketones (excluding diaryl/α,β-unsaturated/α-hetero) is 1. The second kappa shape index (κ2) is 7.94. The summed E-state index contributed by atoms with van der Waals surface area (Å²) in [6.07, 6.45) is 5.92. The van der Waals surface area contributed by atoms with Gasteiger partial charge < -0.3 is 15.0 Å². The van der Waals surface area contributed by atoms with E-state index in [4.69, 9.17) is 4.74 Å². The zero-order chi connectivity index (χ0) is 20.7. The van der Waals surface area contributed by atoms with Gasteiger partial charge in [-0.2, -0.15) is 0 Å². The van der Waals surface area contributed by atoms with Crippen LogP contribution in [0.25, 0.3) is 0 Å². The molecule has 1 aromatic carbocycles. The van der Waals surface area contributed by atoms with E-state index in [2.05, 4.69) is 25.0 Å². The van der Waals surface area contributed by atoms with E-state index in [1.807, 2.05) is 6.92 Å². The van der Waals surface area contributed by atoms with E-state index in [1.54, 1.807) is 18.2 Å². The largest absolute Gasteiger partial charge is 0.482 e. The van der Waals surface area contributed by atoms with E-state index in [-0.39, 0.29) is 23.5 Å². The summed E-state index contributed by atoms with van der Waals surface area (Å²) in [5.41, 5.74) is 1.09. The first-order valence-electron chi connectivity index (χ1n) is 10.6. The summed E-state index contributed by atoms with van der Waals surface area (Å²) in [4.78, 5) is 27.0. The number of aromatic nitrogens is 3. The molecular formula is C21H25N5O3S. The van der Waals surface area contributed by atoms with Gasteiger partial charge in [0.05, 0.1) is 10.9 Å². The summed E-state index contributed by atoms with van der Waals surface area (Å²) < 4.78 is 7.62. The maximum Gasteiger partial charge on any atom is 0.262 e. The van der Waals surface area contributed by atoms with Crippen molar-refractivity contribution in [3.05, 3.63) is 23.8 Å². The van der Waals surface area contributed by atoms with Crippen LogP contribution in [-0.4, -0.2) is 51.4 Å². The molecule has 1 aromatic heterocycles. The van der Waals surface area contributed by atoms with E-state index in [0.29, 0.717) is 23.0 Å². The van der Waals surface area contributed by atoms with Crippen LogP contribution in [-0.2, 0) is 4.79 Å². The third-order valence-electron chi connectivity index (χ3n) is 5.75. The molecule has 1 aliphatic carbocycles. The van der Waals surface area contributed by atoms with E-state index in [0.717, 1.165) is 37.0 Å². The number of rotatable bonds is 6. The molecule has 30 heavy (non-hydrogen) atoms. The lowest BCUT2D eigenvalue weighted by Gasteiger charge is -2.28. The van der Waals surface area contributed by atoms with Crippen molar-refractivity contribution >= 4 is 35.1 Å². The van der Waals surface area contributed by atoms with Crippen LogP contribution in [0.3, 0.4) is 0 Å². The van der Waals surface area contributed by atoms with Crippen LogP contribution < -0.4 is 15.0 Å². The number of carbonyl (C=O) groups is 2. The smallest absolute Gasteiger partial charge is 0.262 e. The summed E-state index contributed by atoms with van der Waals surface area (Å²) >= 11 is 1.46. The molecule has 1 amide bonds. The number of piperidine rings is 1. The van der Waals surface area contributed by atoms with Crippen molar-refractivity contribution in [2.45, 2.75) is 55.5 Å². The molecule has 5 rings (SSSR count). The summed E-state index contributed by atoms with van der Waals surface area (Å²) in [5, 5.41) is 12.2. The van der Waals surface area contributed by atoms with Gasteiger partial charge in [0.1, 0.15) is 5.75 Å². The Bertz CT molecular complexity index is 981. The molecule has 8 nitrogen and oxygen atoms in total. The van der Waals surface area contributed by atoms with Gasteiger partial charge in [0.2, 0.25) is 5.95 Å². The first kappa shape index (κ1) is 19.4. The van der Waals surface area contributed by atoms with E-state index < -0.39 is 0 Å². The fraction of sp³-hybridized carbons (Fsp3) is 0.524. The fourth-order valence-corrected chi connectivity index (χ4v) is 4.99. The van der Waals surface area contributed by atoms with Crippen LogP contribution in [0.4, 0.5) is 11.6 Å². The first-order chi connectivity index (χ1) is 14.6. The normalized spacial score (nSPS) is 19.6. The van der Waals surface area contributed by atoms with Gasteiger partial charge in [-0.15, -0.1) is 10.2 Å². The maximum atomic E-state index is 13.1. The number of fused-ring (bicyclic) bond motifs is 1. The predicted molar refractivity (Wildman–Crippen MR) is 115 cm³/mol. The molecule has 1 saturated carbocycles. The monoisotopic (exact) mass is 427 g/mol. The number of nitrogens with zero attached hydrogens (tertiary/aromatic N) is 4. The van der Waals surface area contributed by atoms with E-state index in [9.17, 15) is 9.59 Å². The molecule has 0 bridgehead atoms. The first-order valence-corrected chi connectivity index (χ1v) is 11.5. The third kappa shape index (κ3) is 3.78. The Kier molecular flexibility index (Phi) is 5.14. The van der Waals surface area contributed by atoms with Gasteiger partial charge in [0.25, 0.3) is 5.91 Å². The van der Waals surface area contributed by atoms with Gasteiger partial charge in [-0.05, 0) is 57.2 Å². The summed E-state index contributed by atoms with van der Waals surface area (Å²) in [7, 11) is 0. The molecule has 2 aromatic rings. The molecule has 1 atom stereocenters. The Hall–Kier alpha value is -2.55. The number of anilines is 2. The molecule has 1 saturated heterocycles. The average Bonchev–Trinajstić information content (AvgIpc) is 3.53. The van der Waals surface area contributed by atoms with Crippen LogP contribution >= 0.6 is 11.8 Å². The Balaban J connectivity index is 1.34. The molecule has 0 radical (unpaired) electrons. The highest BCUT2D eigenvalue weighted by molar-refractivity contribution is 8.00. The molecule has 3 aliphatic rings. The van der Waals surface area contributed by atoms with Crippen molar-refractivity contribution in [2.24, 2.45) is 0 Å². The maximum absolute atomic E-state index is 13.1. The number of amides is 1. The molecular weight excluding hydrogens is 402 g/mol. The molecule has 158 valence electrons. The van der Waals surface area contributed by atoms with Gasteiger partial charge in [0, 0.05) is 24.7 Å². The van der Waals surface area contributed by atoms with Crippen molar-refractivity contribution in [3.8, 4) is 5.75 Å². The Morgan fingerprint density at radius 3 is 2.80 bits per heavy atom. The van der Waals surface area contributed by atoms with Gasteiger partial charge >= 0.3 is 0 Å². The highest BCUT2D eigenvalue weighted by Crippen LogP contribution is 2.42. The van der Waals surface area contributed by atoms with Crippen LogP contribution in [0.5, 0.6) is 5.75 Å². The summed E-state index contributed by atoms with van der Waals surface area (Å²) in [5.74, 6) is 1.32. The van der Waals surface area contributed by atoms with Crippen molar-refractivity contribution < 1.29 is 14.3 Å². The van der Waals surface area contributed by atoms with Crippen LogP contribution in [0.2, 0.25) is 0 Å². The minimum absolute atomic E-state index is 0.00270. The zero-order valence-electron chi connectivity index (χ0n) is 17.0. The fourth-order valence-electron chi connectivity index (χ4n) is 3.99. The number of ketones is 1. The predicted octanol–water partition coefficient (Wildman–Crippen LogP) is 3.30. The highest BCUT2D eigenvalue weighted by Gasteiger charge is 2.33. The molecule has 0 unspecified atom stereocenters. The van der Waals surface area contributed by atoms with Crippen LogP contribution in [0.1, 0.15) is 55.4 Å². The second-order valence-corrected chi connectivity index (χ2v) is 9.41. The van der Waals surface area contributed by atoms with E-state index >= 15 is 0 Å².